The topological polar surface area (TPSA) is 138 Å². The van der Waals surface area contributed by atoms with Gasteiger partial charge in [0.1, 0.15) is 29.6 Å². The molecule has 0 radical (unpaired) electrons. The molecule has 2 aliphatic rings. The summed E-state index contributed by atoms with van der Waals surface area (Å²) in [6.45, 7) is 2.67. The molecule has 1 N–H and O–H groups in total. The minimum atomic E-state index is -3.11. The standard InChI is InChI=1S/C29H25Cl2N3O4.O3S/c1-2-32-29(35)18-9-6-16-10-11-22-23(37-24(16)14-18)12-13-25(33-22)36-15-19-27(34-38-28(19)17-7-8-17)26-20(30)4-3-5-21(26)31;1-4(2)3/h3-6,9,12-14,17H,2,7-8,10-11,15H2,1H3,(H,32,35);. The average molecular weight is 631 g/mol. The van der Waals surface area contributed by atoms with Gasteiger partial charge in [0.15, 0.2) is 0 Å². The first-order valence-corrected chi connectivity index (χ1v) is 14.9. The van der Waals surface area contributed by atoms with E-state index in [1.54, 1.807) is 30.3 Å². The predicted molar refractivity (Wildman–Crippen MR) is 154 cm³/mol. The van der Waals surface area contributed by atoms with Crippen LogP contribution < -0.4 is 14.8 Å². The van der Waals surface area contributed by atoms with Crippen LogP contribution in [0.15, 0.2) is 53.1 Å². The predicted octanol–water partition coefficient (Wildman–Crippen LogP) is 6.14. The lowest BCUT2D eigenvalue weighted by atomic mass is 10.0. The summed E-state index contributed by atoms with van der Waals surface area (Å²) in [5, 5.41) is 8.16. The third kappa shape index (κ3) is 6.75. The fourth-order valence-electron chi connectivity index (χ4n) is 4.65. The summed E-state index contributed by atoms with van der Waals surface area (Å²) in [6.07, 6.45) is 3.52. The molecule has 3 heterocycles. The highest BCUT2D eigenvalue weighted by Crippen LogP contribution is 2.46. The number of amides is 1. The van der Waals surface area contributed by atoms with Crippen LogP contribution in [0.1, 0.15) is 58.6 Å². The van der Waals surface area contributed by atoms with Gasteiger partial charge >= 0.3 is 10.6 Å². The summed E-state index contributed by atoms with van der Waals surface area (Å²) in [7, 11) is -3.11. The van der Waals surface area contributed by atoms with Crippen molar-refractivity contribution in [2.45, 2.75) is 45.1 Å². The second kappa shape index (κ2) is 12.9. The normalized spacial score (nSPS) is 13.4. The quantitative estimate of drug-likeness (QED) is 0.255. The number of aromatic nitrogens is 2. The van der Waals surface area contributed by atoms with E-state index in [4.69, 9.17) is 54.8 Å². The summed E-state index contributed by atoms with van der Waals surface area (Å²) >= 11 is 13.0. The molecule has 1 aliphatic carbocycles. The number of ether oxygens (including phenoxy) is 2. The molecule has 1 saturated carbocycles. The number of rotatable bonds is 7. The van der Waals surface area contributed by atoms with Crippen molar-refractivity contribution in [3.05, 3.63) is 86.7 Å². The molecule has 1 amide bonds. The number of hydrogen-bond donors (Lipinski definition) is 1. The van der Waals surface area contributed by atoms with Crippen molar-refractivity contribution in [3.63, 3.8) is 0 Å². The van der Waals surface area contributed by atoms with Crippen molar-refractivity contribution in [2.75, 3.05) is 6.54 Å². The summed E-state index contributed by atoms with van der Waals surface area (Å²) < 4.78 is 43.4. The van der Waals surface area contributed by atoms with E-state index in [2.05, 4.69) is 10.5 Å². The Kier molecular flexibility index (Phi) is 9.10. The molecule has 2 aromatic heterocycles. The third-order valence-corrected chi connectivity index (χ3v) is 7.39. The van der Waals surface area contributed by atoms with Gasteiger partial charge in [-0.1, -0.05) is 40.5 Å². The maximum absolute atomic E-state index is 12.3. The fourth-order valence-corrected chi connectivity index (χ4v) is 5.22. The monoisotopic (exact) mass is 629 g/mol. The molecule has 2 aromatic carbocycles. The molecule has 4 aromatic rings. The number of fused-ring (bicyclic) bond motifs is 2. The van der Waals surface area contributed by atoms with Gasteiger partial charge < -0.3 is 19.3 Å². The van der Waals surface area contributed by atoms with Crippen molar-refractivity contribution < 1.29 is 31.4 Å². The van der Waals surface area contributed by atoms with Crippen LogP contribution in [0.3, 0.4) is 0 Å². The maximum atomic E-state index is 12.3. The second-order valence-electron chi connectivity index (χ2n) is 9.62. The fraction of sp³-hybridized carbons (Fsp3) is 0.276. The zero-order valence-electron chi connectivity index (χ0n) is 22.4. The van der Waals surface area contributed by atoms with E-state index in [1.807, 2.05) is 25.1 Å². The lowest BCUT2D eigenvalue weighted by molar-refractivity contribution is 0.0955. The van der Waals surface area contributed by atoms with Crippen molar-refractivity contribution in [2.24, 2.45) is 0 Å². The Bertz CT molecular complexity index is 1730. The lowest BCUT2D eigenvalue weighted by Gasteiger charge is -2.12. The van der Waals surface area contributed by atoms with E-state index in [0.717, 1.165) is 41.8 Å². The van der Waals surface area contributed by atoms with E-state index in [0.29, 0.717) is 63.1 Å². The molecule has 0 unspecified atom stereocenters. The molecule has 218 valence electrons. The zero-order valence-corrected chi connectivity index (χ0v) is 24.7. The van der Waals surface area contributed by atoms with Crippen LogP contribution in [0, 0.1) is 0 Å². The van der Waals surface area contributed by atoms with Crippen molar-refractivity contribution in [1.82, 2.24) is 15.5 Å². The van der Waals surface area contributed by atoms with Crippen molar-refractivity contribution >= 4 is 39.7 Å². The molecule has 0 bridgehead atoms. The molecule has 0 saturated heterocycles. The highest BCUT2D eigenvalue weighted by atomic mass is 35.5. The van der Waals surface area contributed by atoms with Crippen LogP contribution >= 0.6 is 23.2 Å². The van der Waals surface area contributed by atoms with E-state index < -0.39 is 10.6 Å². The van der Waals surface area contributed by atoms with Crippen LogP contribution in [-0.2, 0) is 30.1 Å². The summed E-state index contributed by atoms with van der Waals surface area (Å²) in [5.41, 5.74) is 4.45. The number of pyridine rings is 1. The van der Waals surface area contributed by atoms with Crippen LogP contribution in [0.4, 0.5) is 0 Å². The van der Waals surface area contributed by atoms with E-state index in [9.17, 15) is 4.79 Å². The second-order valence-corrected chi connectivity index (χ2v) is 10.8. The smallest absolute Gasteiger partial charge is 0.425 e. The molecule has 1 aliphatic heterocycles. The molecule has 1 fully saturated rings. The van der Waals surface area contributed by atoms with Gasteiger partial charge in [0.2, 0.25) is 5.88 Å². The Hall–Kier alpha value is -3.93. The first-order valence-electron chi connectivity index (χ1n) is 13.2. The summed E-state index contributed by atoms with van der Waals surface area (Å²) in [4.78, 5) is 17.0. The first-order chi connectivity index (χ1) is 20.2. The molecule has 0 atom stereocenters. The number of hydrogen-bond acceptors (Lipinski definition) is 9. The Morgan fingerprint density at radius 3 is 2.48 bits per heavy atom. The van der Waals surface area contributed by atoms with Gasteiger partial charge in [-0.25, -0.2) is 4.98 Å². The number of carbonyl (C=O) groups is 1. The van der Waals surface area contributed by atoms with Crippen molar-refractivity contribution in [1.29, 1.82) is 0 Å². The van der Waals surface area contributed by atoms with Gasteiger partial charge in [0.25, 0.3) is 5.91 Å². The minimum absolute atomic E-state index is 0.123. The minimum Gasteiger partial charge on any atom is -0.473 e. The molecular formula is C29H25Cl2N3O7S. The molecule has 6 rings (SSSR count). The number of nitrogens with one attached hydrogen (secondary N) is 1. The largest absolute Gasteiger partial charge is 0.473 e. The number of carbonyl (C=O) groups excluding carboxylic acids is 1. The molecule has 13 heteroatoms. The van der Waals surface area contributed by atoms with Gasteiger partial charge in [-0.2, -0.15) is 0 Å². The van der Waals surface area contributed by atoms with Crippen LogP contribution in [0.2, 0.25) is 10.0 Å². The average Bonchev–Trinajstić information content (AvgIpc) is 3.74. The third-order valence-electron chi connectivity index (χ3n) is 6.76. The van der Waals surface area contributed by atoms with Gasteiger partial charge in [-0.3, -0.25) is 4.79 Å². The van der Waals surface area contributed by atoms with E-state index in [-0.39, 0.29) is 12.5 Å². The van der Waals surface area contributed by atoms with Crippen molar-refractivity contribution in [3.8, 4) is 28.6 Å². The number of halogens is 2. The maximum Gasteiger partial charge on any atom is 0.425 e. The Balaban J connectivity index is 0.000000830. The van der Waals surface area contributed by atoms with Gasteiger partial charge in [0, 0.05) is 29.7 Å². The Morgan fingerprint density at radius 2 is 1.79 bits per heavy atom. The zero-order chi connectivity index (χ0) is 29.8. The number of benzene rings is 2. The molecule has 10 nitrogen and oxygen atoms in total. The number of nitrogens with zero attached hydrogens (tertiary/aromatic N) is 2. The van der Waals surface area contributed by atoms with E-state index >= 15 is 0 Å². The number of aryl methyl sites for hydroxylation is 2. The van der Waals surface area contributed by atoms with Gasteiger partial charge in [-0.15, -0.1) is 12.6 Å². The summed E-state index contributed by atoms with van der Waals surface area (Å²) in [6, 6.07) is 14.5. The highest BCUT2D eigenvalue weighted by molar-refractivity contribution is 7.59. The SMILES string of the molecule is CCNC(=O)c1ccc2c(c1)Oc1ccc(OCc3c(-c4c(Cl)cccc4Cl)noc3C3CC3)nc1CC2.O=S(=O)=O. The molecule has 42 heavy (non-hydrogen) atoms. The molecular weight excluding hydrogens is 605 g/mol. The Morgan fingerprint density at radius 1 is 1.05 bits per heavy atom. The van der Waals surface area contributed by atoms with E-state index in [1.165, 1.54) is 0 Å². The summed E-state index contributed by atoms with van der Waals surface area (Å²) in [5.74, 6) is 2.81. The van der Waals surface area contributed by atoms with Crippen LogP contribution in [0.25, 0.3) is 11.3 Å². The highest BCUT2D eigenvalue weighted by Gasteiger charge is 2.34. The molecule has 0 spiro atoms. The van der Waals surface area contributed by atoms with Crippen LogP contribution in [0.5, 0.6) is 17.4 Å². The lowest BCUT2D eigenvalue weighted by Crippen LogP contribution is -2.22. The Labute approximate surface area is 253 Å². The van der Waals surface area contributed by atoms with Crippen LogP contribution in [-0.4, -0.2) is 35.2 Å². The van der Waals surface area contributed by atoms with Gasteiger partial charge in [0.05, 0.1) is 21.3 Å². The van der Waals surface area contributed by atoms with Gasteiger partial charge in [-0.05, 0) is 68.5 Å². The first kappa shape index (κ1) is 29.6.